The molecule has 0 aliphatic carbocycles. The van der Waals surface area contributed by atoms with Gasteiger partial charge in [-0.15, -0.1) is 0 Å². The third-order valence-electron chi connectivity index (χ3n) is 3.17. The first-order valence-corrected chi connectivity index (χ1v) is 6.10. The van der Waals surface area contributed by atoms with Gasteiger partial charge in [-0.1, -0.05) is 0 Å². The molecule has 1 N–H and O–H groups in total. The molecule has 1 aliphatic heterocycles. The fourth-order valence-electron chi connectivity index (χ4n) is 2.36. The van der Waals surface area contributed by atoms with Gasteiger partial charge in [-0.25, -0.2) is 0 Å². The molecule has 0 amide bonds. The van der Waals surface area contributed by atoms with Crippen molar-refractivity contribution in [1.82, 2.24) is 4.90 Å². The number of rotatable bonds is 5. The zero-order chi connectivity index (χ0) is 12.1. The molecule has 0 saturated carbocycles. The Bertz CT molecular complexity index is 230. The first kappa shape index (κ1) is 13.5. The van der Waals surface area contributed by atoms with E-state index in [2.05, 4.69) is 25.7 Å². The van der Waals surface area contributed by atoms with E-state index in [0.29, 0.717) is 24.7 Å². The quantitative estimate of drug-likeness (QED) is 0.780. The van der Waals surface area contributed by atoms with E-state index in [1.807, 2.05) is 0 Å². The topological polar surface area (TPSA) is 49.8 Å². The van der Waals surface area contributed by atoms with Gasteiger partial charge in [-0.05, 0) is 33.6 Å². The number of carbonyl (C=O) groups is 1. The minimum atomic E-state index is -0.717. The predicted molar refractivity (Wildman–Crippen MR) is 62.5 cm³/mol. The number of hydrogen-bond acceptors (Lipinski definition) is 3. The van der Waals surface area contributed by atoms with Crippen LogP contribution >= 0.6 is 0 Å². The highest BCUT2D eigenvalue weighted by Gasteiger charge is 2.26. The van der Waals surface area contributed by atoms with E-state index in [4.69, 9.17) is 9.84 Å². The molecule has 1 saturated heterocycles. The fraction of sp³-hybridized carbons (Fsp3) is 0.917. The Morgan fingerprint density at radius 2 is 2.25 bits per heavy atom. The first-order chi connectivity index (χ1) is 7.50. The summed E-state index contributed by atoms with van der Waals surface area (Å²) in [5.41, 5.74) is 0. The van der Waals surface area contributed by atoms with Crippen molar-refractivity contribution in [1.29, 1.82) is 0 Å². The average molecular weight is 229 g/mol. The minimum absolute atomic E-state index is 0.226. The molecular weight excluding hydrogens is 206 g/mol. The molecule has 0 aromatic heterocycles. The SMILES string of the molecule is CC1CC(N(CCC(=O)O)C(C)C)CCO1. The van der Waals surface area contributed by atoms with Crippen LogP contribution in [0.1, 0.15) is 40.0 Å². The zero-order valence-corrected chi connectivity index (χ0v) is 10.5. The summed E-state index contributed by atoms with van der Waals surface area (Å²) in [6.45, 7) is 7.78. The number of nitrogens with zero attached hydrogens (tertiary/aromatic N) is 1. The van der Waals surface area contributed by atoms with E-state index in [1.54, 1.807) is 0 Å². The van der Waals surface area contributed by atoms with Gasteiger partial charge in [0.15, 0.2) is 0 Å². The van der Waals surface area contributed by atoms with Gasteiger partial charge in [0.25, 0.3) is 0 Å². The Hall–Kier alpha value is -0.610. The molecule has 16 heavy (non-hydrogen) atoms. The second-order valence-electron chi connectivity index (χ2n) is 4.83. The van der Waals surface area contributed by atoms with Crippen LogP contribution in [0.2, 0.25) is 0 Å². The Morgan fingerprint density at radius 3 is 2.75 bits per heavy atom. The molecule has 1 fully saturated rings. The summed E-state index contributed by atoms with van der Waals surface area (Å²) in [6.07, 6.45) is 2.55. The predicted octanol–water partition coefficient (Wildman–Crippen LogP) is 1.74. The van der Waals surface area contributed by atoms with Gasteiger partial charge in [-0.2, -0.15) is 0 Å². The Balaban J connectivity index is 2.51. The van der Waals surface area contributed by atoms with Gasteiger partial charge in [0.05, 0.1) is 12.5 Å². The zero-order valence-electron chi connectivity index (χ0n) is 10.5. The first-order valence-electron chi connectivity index (χ1n) is 6.10. The van der Waals surface area contributed by atoms with Crippen molar-refractivity contribution in [3.8, 4) is 0 Å². The molecule has 2 unspecified atom stereocenters. The summed E-state index contributed by atoms with van der Waals surface area (Å²) in [4.78, 5) is 12.9. The highest BCUT2D eigenvalue weighted by atomic mass is 16.5. The third-order valence-corrected chi connectivity index (χ3v) is 3.17. The standard InChI is InChI=1S/C12H23NO3/c1-9(2)13(6-4-12(14)15)11-5-7-16-10(3)8-11/h9-11H,4-8H2,1-3H3,(H,14,15). The summed E-state index contributed by atoms with van der Waals surface area (Å²) >= 11 is 0. The van der Waals surface area contributed by atoms with Crippen molar-refractivity contribution in [3.63, 3.8) is 0 Å². The maximum atomic E-state index is 10.6. The van der Waals surface area contributed by atoms with Gasteiger partial charge < -0.3 is 9.84 Å². The fourth-order valence-corrected chi connectivity index (χ4v) is 2.36. The van der Waals surface area contributed by atoms with Gasteiger partial charge in [-0.3, -0.25) is 9.69 Å². The van der Waals surface area contributed by atoms with Crippen molar-refractivity contribution >= 4 is 5.97 Å². The van der Waals surface area contributed by atoms with Crippen LogP contribution < -0.4 is 0 Å². The second kappa shape index (κ2) is 6.21. The number of carboxylic acids is 1. The number of ether oxygens (including phenoxy) is 1. The average Bonchev–Trinajstić information content (AvgIpc) is 2.17. The van der Waals surface area contributed by atoms with E-state index >= 15 is 0 Å². The lowest BCUT2D eigenvalue weighted by Crippen LogP contribution is -2.46. The Morgan fingerprint density at radius 1 is 1.56 bits per heavy atom. The van der Waals surface area contributed by atoms with Crippen LogP contribution in [-0.2, 0) is 9.53 Å². The number of hydrogen-bond donors (Lipinski definition) is 1. The van der Waals surface area contributed by atoms with Gasteiger partial charge in [0.1, 0.15) is 0 Å². The maximum Gasteiger partial charge on any atom is 0.304 e. The van der Waals surface area contributed by atoms with Crippen LogP contribution in [0.4, 0.5) is 0 Å². The van der Waals surface area contributed by atoms with Crippen LogP contribution in [0, 0.1) is 0 Å². The third kappa shape index (κ3) is 4.10. The molecule has 1 aliphatic rings. The summed E-state index contributed by atoms with van der Waals surface area (Å²) in [7, 11) is 0. The maximum absolute atomic E-state index is 10.6. The Kier molecular flexibility index (Phi) is 5.22. The smallest absolute Gasteiger partial charge is 0.304 e. The van der Waals surface area contributed by atoms with Crippen LogP contribution in [0.25, 0.3) is 0 Å². The van der Waals surface area contributed by atoms with E-state index in [0.717, 1.165) is 19.4 Å². The normalized spacial score (nSPS) is 26.3. The molecule has 0 bridgehead atoms. The monoisotopic (exact) mass is 229 g/mol. The number of aliphatic carboxylic acids is 1. The van der Waals surface area contributed by atoms with E-state index in [-0.39, 0.29) is 6.42 Å². The molecule has 94 valence electrons. The highest BCUT2D eigenvalue weighted by Crippen LogP contribution is 2.21. The summed E-state index contributed by atoms with van der Waals surface area (Å²) in [6, 6.07) is 0.873. The lowest BCUT2D eigenvalue weighted by Gasteiger charge is -2.38. The summed E-state index contributed by atoms with van der Waals surface area (Å²) in [5, 5.41) is 8.74. The molecule has 0 aromatic carbocycles. The molecular formula is C12H23NO3. The van der Waals surface area contributed by atoms with Crippen molar-refractivity contribution in [3.05, 3.63) is 0 Å². The van der Waals surface area contributed by atoms with E-state index in [9.17, 15) is 4.79 Å². The van der Waals surface area contributed by atoms with Crippen molar-refractivity contribution in [2.24, 2.45) is 0 Å². The molecule has 0 radical (unpaired) electrons. The molecule has 1 rings (SSSR count). The van der Waals surface area contributed by atoms with E-state index in [1.165, 1.54) is 0 Å². The van der Waals surface area contributed by atoms with Crippen molar-refractivity contribution in [2.75, 3.05) is 13.2 Å². The lowest BCUT2D eigenvalue weighted by molar-refractivity contribution is -0.137. The molecule has 1 heterocycles. The van der Waals surface area contributed by atoms with Crippen LogP contribution in [0.15, 0.2) is 0 Å². The Labute approximate surface area is 97.6 Å². The molecule has 4 nitrogen and oxygen atoms in total. The van der Waals surface area contributed by atoms with Crippen LogP contribution in [0.5, 0.6) is 0 Å². The van der Waals surface area contributed by atoms with Gasteiger partial charge in [0.2, 0.25) is 0 Å². The minimum Gasteiger partial charge on any atom is -0.481 e. The van der Waals surface area contributed by atoms with Crippen molar-refractivity contribution in [2.45, 2.75) is 58.2 Å². The molecule has 2 atom stereocenters. The summed E-state index contributed by atoms with van der Waals surface area (Å²) in [5.74, 6) is -0.717. The van der Waals surface area contributed by atoms with Gasteiger partial charge >= 0.3 is 5.97 Å². The molecule has 0 aromatic rings. The molecule has 0 spiro atoms. The molecule has 4 heteroatoms. The van der Waals surface area contributed by atoms with Crippen LogP contribution in [-0.4, -0.2) is 47.3 Å². The van der Waals surface area contributed by atoms with Crippen molar-refractivity contribution < 1.29 is 14.6 Å². The lowest BCUT2D eigenvalue weighted by atomic mass is 10.0. The summed E-state index contributed by atoms with van der Waals surface area (Å²) < 4.78 is 5.52. The van der Waals surface area contributed by atoms with Crippen LogP contribution in [0.3, 0.4) is 0 Å². The number of carboxylic acid groups (broad SMARTS) is 1. The van der Waals surface area contributed by atoms with E-state index < -0.39 is 5.97 Å². The van der Waals surface area contributed by atoms with Gasteiger partial charge in [0, 0.05) is 25.2 Å². The second-order valence-corrected chi connectivity index (χ2v) is 4.83. The highest BCUT2D eigenvalue weighted by molar-refractivity contribution is 5.66. The largest absolute Gasteiger partial charge is 0.481 e.